The van der Waals surface area contributed by atoms with E-state index in [0.717, 1.165) is 4.90 Å². The van der Waals surface area contributed by atoms with Crippen LogP contribution in [0.15, 0.2) is 53.4 Å². The molecule has 150 valence electrons. The largest absolute Gasteiger partial charge is 0.323 e. The first-order valence-electron chi connectivity index (χ1n) is 8.95. The molecule has 0 radical (unpaired) electrons. The fraction of sp³-hybridized carbons (Fsp3) is 0.316. The minimum absolute atomic E-state index is 0.182. The molecule has 1 saturated heterocycles. The van der Waals surface area contributed by atoms with E-state index in [1.165, 1.54) is 4.31 Å². The molecule has 0 aromatic heterocycles. The lowest BCUT2D eigenvalue weighted by Gasteiger charge is -2.34. The fourth-order valence-electron chi connectivity index (χ4n) is 3.21. The molecular weight excluding hydrogens is 421 g/mol. The maximum absolute atomic E-state index is 12.7. The zero-order valence-corrected chi connectivity index (χ0v) is 17.7. The van der Waals surface area contributed by atoms with Gasteiger partial charge in [0, 0.05) is 5.02 Å². The third kappa shape index (κ3) is 4.67. The third-order valence-electron chi connectivity index (χ3n) is 4.94. The Bertz CT molecular complexity index is 946. The molecule has 0 spiro atoms. The van der Waals surface area contributed by atoms with E-state index in [2.05, 4.69) is 5.32 Å². The monoisotopic (exact) mass is 442 g/mol. The average molecular weight is 443 g/mol. The number of rotatable bonds is 5. The summed E-state index contributed by atoms with van der Waals surface area (Å²) in [5.74, 6) is -0.182. The molecule has 0 bridgehead atoms. The highest BCUT2D eigenvalue weighted by atomic mass is 35.5. The Labute approximate surface area is 175 Å². The molecule has 1 aliphatic rings. The van der Waals surface area contributed by atoms with Crippen LogP contribution in [-0.2, 0) is 14.8 Å². The summed E-state index contributed by atoms with van der Waals surface area (Å²) in [6, 6.07) is 12.9. The van der Waals surface area contributed by atoms with Crippen molar-refractivity contribution in [2.45, 2.75) is 17.9 Å². The molecular formula is C19H22Cl2N3O3S+. The first-order valence-corrected chi connectivity index (χ1v) is 11.1. The summed E-state index contributed by atoms with van der Waals surface area (Å²) in [4.78, 5) is 13.9. The van der Waals surface area contributed by atoms with E-state index in [-0.39, 0.29) is 11.9 Å². The Morgan fingerprint density at radius 2 is 1.75 bits per heavy atom. The summed E-state index contributed by atoms with van der Waals surface area (Å²) < 4.78 is 26.9. The molecule has 1 amide bonds. The van der Waals surface area contributed by atoms with Crippen LogP contribution in [-0.4, -0.2) is 50.9 Å². The molecule has 1 heterocycles. The van der Waals surface area contributed by atoms with Gasteiger partial charge in [0.05, 0.1) is 41.8 Å². The van der Waals surface area contributed by atoms with Gasteiger partial charge in [-0.3, -0.25) is 4.79 Å². The number of nitrogens with zero attached hydrogens (tertiary/aromatic N) is 1. The van der Waals surface area contributed by atoms with Gasteiger partial charge in [-0.1, -0.05) is 41.4 Å². The lowest BCUT2D eigenvalue weighted by molar-refractivity contribution is -0.917. The first-order chi connectivity index (χ1) is 13.3. The van der Waals surface area contributed by atoms with Crippen molar-refractivity contribution >= 4 is 44.8 Å². The predicted octanol–water partition coefficient (Wildman–Crippen LogP) is 1.91. The standard InChI is InChI=1S/C19H21Cl2N3O3S/c1-14(19(25)22-18-13-15(20)7-8-17(18)21)23-9-11-24(12-10-23)28(26,27)16-5-3-2-4-6-16/h2-8,13-14H,9-12H2,1H3,(H,22,25)/p+1/t14-/m1/s1. The summed E-state index contributed by atoms with van der Waals surface area (Å²) in [6.45, 7) is 3.64. The number of quaternary nitrogens is 1. The minimum atomic E-state index is -3.50. The van der Waals surface area contributed by atoms with Gasteiger partial charge < -0.3 is 10.2 Å². The van der Waals surface area contributed by atoms with Crippen LogP contribution in [0.1, 0.15) is 6.92 Å². The Kier molecular flexibility index (Phi) is 6.62. The number of anilines is 1. The van der Waals surface area contributed by atoms with Crippen LogP contribution in [0.4, 0.5) is 5.69 Å². The SMILES string of the molecule is C[C@H](C(=O)Nc1cc(Cl)ccc1Cl)[NH+]1CCN(S(=O)(=O)c2ccccc2)CC1. The van der Waals surface area contributed by atoms with Gasteiger partial charge in [-0.05, 0) is 37.3 Å². The van der Waals surface area contributed by atoms with Crippen LogP contribution in [0.3, 0.4) is 0 Å². The van der Waals surface area contributed by atoms with Crippen molar-refractivity contribution in [2.24, 2.45) is 0 Å². The zero-order valence-electron chi connectivity index (χ0n) is 15.4. The average Bonchev–Trinajstić information content (AvgIpc) is 2.71. The van der Waals surface area contributed by atoms with Crippen molar-refractivity contribution in [1.29, 1.82) is 0 Å². The van der Waals surface area contributed by atoms with Crippen molar-refractivity contribution in [2.75, 3.05) is 31.5 Å². The topological polar surface area (TPSA) is 70.9 Å². The number of piperazine rings is 1. The van der Waals surface area contributed by atoms with Gasteiger partial charge in [-0.25, -0.2) is 8.42 Å². The molecule has 6 nitrogen and oxygen atoms in total. The normalized spacial score (nSPS) is 17.2. The molecule has 2 aromatic rings. The number of benzene rings is 2. The molecule has 3 rings (SSSR count). The fourth-order valence-corrected chi connectivity index (χ4v) is 5.01. The van der Waals surface area contributed by atoms with E-state index in [4.69, 9.17) is 23.2 Å². The second-order valence-electron chi connectivity index (χ2n) is 6.71. The van der Waals surface area contributed by atoms with Crippen molar-refractivity contribution in [3.63, 3.8) is 0 Å². The maximum Gasteiger partial charge on any atom is 0.282 e. The molecule has 2 N–H and O–H groups in total. The van der Waals surface area contributed by atoms with Crippen molar-refractivity contribution in [3.05, 3.63) is 58.6 Å². The molecule has 2 aromatic carbocycles. The van der Waals surface area contributed by atoms with E-state index in [1.807, 2.05) is 6.92 Å². The van der Waals surface area contributed by atoms with Gasteiger partial charge in [0.15, 0.2) is 6.04 Å². The van der Waals surface area contributed by atoms with Gasteiger partial charge in [0.1, 0.15) is 0 Å². The lowest BCUT2D eigenvalue weighted by Crippen LogP contribution is -3.19. The van der Waals surface area contributed by atoms with Gasteiger partial charge >= 0.3 is 0 Å². The van der Waals surface area contributed by atoms with Crippen molar-refractivity contribution in [1.82, 2.24) is 4.31 Å². The van der Waals surface area contributed by atoms with E-state index >= 15 is 0 Å². The second-order valence-corrected chi connectivity index (χ2v) is 9.49. The number of nitrogens with one attached hydrogen (secondary N) is 2. The zero-order chi connectivity index (χ0) is 20.3. The van der Waals surface area contributed by atoms with Crippen LogP contribution in [0.2, 0.25) is 10.0 Å². The smallest absolute Gasteiger partial charge is 0.282 e. The summed E-state index contributed by atoms with van der Waals surface area (Å²) in [6.07, 6.45) is 0. The summed E-state index contributed by atoms with van der Waals surface area (Å²) in [5, 5.41) is 3.71. The number of hydrogen-bond acceptors (Lipinski definition) is 3. The Morgan fingerprint density at radius 1 is 1.11 bits per heavy atom. The van der Waals surface area contributed by atoms with Crippen LogP contribution >= 0.6 is 23.2 Å². The van der Waals surface area contributed by atoms with Crippen LogP contribution < -0.4 is 10.2 Å². The first kappa shape index (κ1) is 21.1. The molecule has 0 saturated carbocycles. The predicted molar refractivity (Wildman–Crippen MR) is 110 cm³/mol. The maximum atomic E-state index is 12.7. The van der Waals surface area contributed by atoms with E-state index < -0.39 is 10.0 Å². The quantitative estimate of drug-likeness (QED) is 0.742. The number of hydrogen-bond donors (Lipinski definition) is 2. The van der Waals surface area contributed by atoms with E-state index in [0.29, 0.717) is 46.8 Å². The highest BCUT2D eigenvalue weighted by Crippen LogP contribution is 2.25. The number of sulfonamides is 1. The van der Waals surface area contributed by atoms with E-state index in [9.17, 15) is 13.2 Å². The van der Waals surface area contributed by atoms with Gasteiger partial charge in [-0.15, -0.1) is 0 Å². The molecule has 1 fully saturated rings. The van der Waals surface area contributed by atoms with Crippen LogP contribution in [0, 0.1) is 0 Å². The van der Waals surface area contributed by atoms with Crippen LogP contribution in [0.5, 0.6) is 0 Å². The van der Waals surface area contributed by atoms with Crippen molar-refractivity contribution < 1.29 is 18.1 Å². The molecule has 0 aliphatic carbocycles. The van der Waals surface area contributed by atoms with Gasteiger partial charge in [0.2, 0.25) is 10.0 Å². The number of carbonyl (C=O) groups excluding carboxylic acids is 1. The number of carbonyl (C=O) groups is 1. The minimum Gasteiger partial charge on any atom is -0.323 e. The molecule has 28 heavy (non-hydrogen) atoms. The van der Waals surface area contributed by atoms with Gasteiger partial charge in [0.25, 0.3) is 5.91 Å². The molecule has 9 heteroatoms. The molecule has 1 aliphatic heterocycles. The number of amides is 1. The Hall–Kier alpha value is -1.64. The summed E-state index contributed by atoms with van der Waals surface area (Å²) >= 11 is 12.1. The lowest BCUT2D eigenvalue weighted by atomic mass is 10.2. The molecule has 1 atom stereocenters. The van der Waals surface area contributed by atoms with Crippen LogP contribution in [0.25, 0.3) is 0 Å². The highest BCUT2D eigenvalue weighted by molar-refractivity contribution is 7.89. The van der Waals surface area contributed by atoms with Gasteiger partial charge in [-0.2, -0.15) is 4.31 Å². The van der Waals surface area contributed by atoms with Crippen molar-refractivity contribution in [3.8, 4) is 0 Å². The Balaban J connectivity index is 1.61. The third-order valence-corrected chi connectivity index (χ3v) is 7.42. The summed E-state index contributed by atoms with van der Waals surface area (Å²) in [5.41, 5.74) is 0.468. The highest BCUT2D eigenvalue weighted by Gasteiger charge is 2.34. The summed E-state index contributed by atoms with van der Waals surface area (Å²) in [7, 11) is -3.50. The van der Waals surface area contributed by atoms with E-state index in [1.54, 1.807) is 48.5 Å². The molecule has 0 unspecified atom stereocenters. The number of halogens is 2. The Morgan fingerprint density at radius 3 is 2.39 bits per heavy atom. The second kappa shape index (κ2) is 8.80.